The summed E-state index contributed by atoms with van der Waals surface area (Å²) in [5.74, 6) is -2.04. The predicted octanol–water partition coefficient (Wildman–Crippen LogP) is -3.19. The van der Waals surface area contributed by atoms with Crippen molar-refractivity contribution in [2.24, 2.45) is 0 Å². The Bertz CT molecular complexity index is 563. The maximum absolute atomic E-state index is 12.5. The van der Waals surface area contributed by atoms with Crippen LogP contribution in [-0.2, 0) is 23.6 Å². The van der Waals surface area contributed by atoms with Crippen molar-refractivity contribution in [2.75, 3.05) is 5.32 Å². The predicted molar refractivity (Wildman–Crippen MR) is 56.2 cm³/mol. The third-order valence-electron chi connectivity index (χ3n) is 1.35. The molecule has 0 aliphatic carbocycles. The Balaban J connectivity index is 0.00000324. The molecule has 0 aliphatic heterocycles. The van der Waals surface area contributed by atoms with E-state index in [0.717, 1.165) is 18.3 Å². The second-order valence-electron chi connectivity index (χ2n) is 2.66. The molecule has 0 fully saturated rings. The minimum Gasteiger partial charge on any atom is -0.725 e. The van der Waals surface area contributed by atoms with Gasteiger partial charge in [-0.25, -0.2) is 17.8 Å². The number of anilines is 1. The third kappa shape index (κ3) is 7.57. The zero-order valence-corrected chi connectivity index (χ0v) is 13.0. The normalized spacial score (nSPS) is 10.4. The molecule has 0 aliphatic rings. The fraction of sp³-hybridized carbons (Fsp3) is 0. The molecule has 0 radical (unpaired) electrons. The van der Waals surface area contributed by atoms with Gasteiger partial charge >= 0.3 is 40.6 Å². The summed E-state index contributed by atoms with van der Waals surface area (Å²) in [7, 11) is -5.08. The van der Waals surface area contributed by atoms with Crippen molar-refractivity contribution in [3.05, 3.63) is 24.1 Å². The van der Waals surface area contributed by atoms with Crippen LogP contribution in [0.1, 0.15) is 0 Å². The van der Waals surface area contributed by atoms with Crippen molar-refractivity contribution in [1.82, 2.24) is 4.98 Å². The second kappa shape index (κ2) is 7.89. The van der Waals surface area contributed by atoms with Gasteiger partial charge in [0.05, 0.1) is 18.2 Å². The van der Waals surface area contributed by atoms with Gasteiger partial charge in [0.1, 0.15) is 11.6 Å². The molecule has 1 aromatic rings. The molecule has 0 saturated carbocycles. The summed E-state index contributed by atoms with van der Waals surface area (Å²) in [6.45, 7) is 0. The van der Waals surface area contributed by atoms with Gasteiger partial charge in [0.25, 0.3) is 0 Å². The van der Waals surface area contributed by atoms with E-state index in [1.807, 2.05) is 5.32 Å². The van der Waals surface area contributed by atoms with E-state index in [2.05, 4.69) is 8.61 Å². The molecule has 1 rings (SSSR count). The summed E-state index contributed by atoms with van der Waals surface area (Å²) >= 11 is -0.439. The van der Waals surface area contributed by atoms with E-state index in [1.54, 1.807) is 0 Å². The average molecular weight is 318 g/mol. The Hall–Kier alpha value is -0.560. The SMILES string of the molecule is O=C(Nc1ccc(F)cn1)C(=O)SOS(=O)(=O)[O-].[Na+]. The van der Waals surface area contributed by atoms with Crippen molar-refractivity contribution < 1.29 is 60.1 Å². The molecule has 12 heteroatoms. The molecule has 1 amide bonds. The molecule has 1 heterocycles. The molecule has 19 heavy (non-hydrogen) atoms. The minimum atomic E-state index is -5.08. The number of aromatic nitrogens is 1. The largest absolute Gasteiger partial charge is 1.00 e. The topological polar surface area (TPSA) is 125 Å². The van der Waals surface area contributed by atoms with Crippen LogP contribution in [0, 0.1) is 5.82 Å². The molecule has 0 unspecified atom stereocenters. The van der Waals surface area contributed by atoms with E-state index in [0.29, 0.717) is 0 Å². The van der Waals surface area contributed by atoms with Crippen LogP contribution in [0.2, 0.25) is 0 Å². The first-order valence-corrected chi connectivity index (χ1v) is 6.14. The van der Waals surface area contributed by atoms with Crippen molar-refractivity contribution >= 4 is 39.3 Å². The van der Waals surface area contributed by atoms with Crippen LogP contribution in [0.5, 0.6) is 0 Å². The smallest absolute Gasteiger partial charge is 0.725 e. The fourth-order valence-corrected chi connectivity index (χ4v) is 1.43. The number of nitrogens with one attached hydrogen (secondary N) is 1. The van der Waals surface area contributed by atoms with Crippen LogP contribution in [0.25, 0.3) is 0 Å². The van der Waals surface area contributed by atoms with Gasteiger partial charge in [0.2, 0.25) is 10.4 Å². The number of carbonyl (C=O) groups is 2. The Kier molecular flexibility index (Phi) is 7.66. The van der Waals surface area contributed by atoms with Gasteiger partial charge in [-0.2, -0.15) is 3.63 Å². The fourth-order valence-electron chi connectivity index (χ4n) is 0.728. The molecule has 0 aromatic carbocycles. The zero-order chi connectivity index (χ0) is 13.8. The van der Waals surface area contributed by atoms with E-state index in [-0.39, 0.29) is 35.4 Å². The summed E-state index contributed by atoms with van der Waals surface area (Å²) in [4.78, 5) is 25.5. The Morgan fingerprint density at radius 2 is 2.05 bits per heavy atom. The molecule has 1 aromatic heterocycles. The number of pyridine rings is 1. The number of carbonyl (C=O) groups excluding carboxylic acids is 2. The van der Waals surface area contributed by atoms with Crippen LogP contribution < -0.4 is 34.9 Å². The zero-order valence-electron chi connectivity index (χ0n) is 9.32. The monoisotopic (exact) mass is 318 g/mol. The van der Waals surface area contributed by atoms with E-state index < -0.39 is 39.3 Å². The standard InChI is InChI=1S/C7H5FN2O6S2.Na/c8-4-1-2-5(9-3-4)10-6(11)7(12)17-16-18(13,14)15;/h1-3H,(H,9,10,11)(H,13,14,15);/q;+1/p-1. The molecule has 0 spiro atoms. The summed E-state index contributed by atoms with van der Waals surface area (Å²) in [6, 6.07) is 2.06. The van der Waals surface area contributed by atoms with E-state index in [9.17, 15) is 27.0 Å². The number of amides is 1. The molecule has 0 atom stereocenters. The number of rotatable bonds is 3. The maximum Gasteiger partial charge on any atom is 1.00 e. The van der Waals surface area contributed by atoms with E-state index in [4.69, 9.17) is 0 Å². The Labute approximate surface area is 133 Å². The summed E-state index contributed by atoms with van der Waals surface area (Å²) < 4.78 is 46.0. The van der Waals surface area contributed by atoms with Gasteiger partial charge in [0, 0.05) is 0 Å². The van der Waals surface area contributed by atoms with Crippen molar-refractivity contribution in [2.45, 2.75) is 0 Å². The molecule has 1 N–H and O–H groups in total. The minimum absolute atomic E-state index is 0. The number of hydrogen-bond donors (Lipinski definition) is 1. The van der Waals surface area contributed by atoms with Gasteiger partial charge in [-0.3, -0.25) is 9.59 Å². The van der Waals surface area contributed by atoms with Gasteiger partial charge < -0.3 is 9.87 Å². The maximum atomic E-state index is 12.5. The molecule has 98 valence electrons. The van der Waals surface area contributed by atoms with Gasteiger partial charge in [0.15, 0.2) is 0 Å². The van der Waals surface area contributed by atoms with Crippen molar-refractivity contribution in [1.29, 1.82) is 0 Å². The molecular weight excluding hydrogens is 314 g/mol. The van der Waals surface area contributed by atoms with Crippen LogP contribution in [-0.4, -0.2) is 29.0 Å². The Morgan fingerprint density at radius 3 is 2.53 bits per heavy atom. The summed E-state index contributed by atoms with van der Waals surface area (Å²) in [5, 5.41) is 0.567. The Morgan fingerprint density at radius 1 is 1.42 bits per heavy atom. The molecule has 8 nitrogen and oxygen atoms in total. The number of halogens is 1. The first-order chi connectivity index (χ1) is 8.28. The third-order valence-corrected chi connectivity index (χ3v) is 2.62. The van der Waals surface area contributed by atoms with Gasteiger partial charge in [-0.15, -0.1) is 0 Å². The van der Waals surface area contributed by atoms with Crippen LogP contribution >= 0.6 is 12.0 Å². The van der Waals surface area contributed by atoms with Crippen LogP contribution in [0.4, 0.5) is 10.2 Å². The van der Waals surface area contributed by atoms with Crippen molar-refractivity contribution in [3.63, 3.8) is 0 Å². The molecule has 0 saturated heterocycles. The number of hydrogen-bond acceptors (Lipinski definition) is 8. The second-order valence-corrected chi connectivity index (χ2v) is 4.56. The van der Waals surface area contributed by atoms with E-state index in [1.165, 1.54) is 0 Å². The van der Waals surface area contributed by atoms with E-state index >= 15 is 0 Å². The molecule has 0 bridgehead atoms. The molecular formula is C7H4FN2NaO6S2. The summed E-state index contributed by atoms with van der Waals surface area (Å²) in [5.41, 5.74) is 0. The quantitative estimate of drug-likeness (QED) is 0.203. The van der Waals surface area contributed by atoms with Crippen molar-refractivity contribution in [3.8, 4) is 0 Å². The first kappa shape index (κ1) is 18.4. The summed E-state index contributed by atoms with van der Waals surface area (Å²) in [6.07, 6.45) is 0.797. The van der Waals surface area contributed by atoms with Gasteiger partial charge in [-0.1, -0.05) is 0 Å². The van der Waals surface area contributed by atoms with Crippen LogP contribution in [0.3, 0.4) is 0 Å². The number of nitrogens with zero attached hydrogens (tertiary/aromatic N) is 1. The van der Waals surface area contributed by atoms with Gasteiger partial charge in [-0.05, 0) is 12.1 Å². The average Bonchev–Trinajstić information content (AvgIpc) is 2.28. The van der Waals surface area contributed by atoms with Crippen LogP contribution in [0.15, 0.2) is 18.3 Å². The first-order valence-electron chi connectivity index (χ1n) is 4.07.